The van der Waals surface area contributed by atoms with Gasteiger partial charge in [0.25, 0.3) is 0 Å². The Morgan fingerprint density at radius 3 is 2.39 bits per heavy atom. The fraction of sp³-hybridized carbons (Fsp3) is 0.500. The molecule has 1 aliphatic heterocycles. The zero-order chi connectivity index (χ0) is 13.3. The molecule has 1 aromatic carbocycles. The van der Waals surface area contributed by atoms with Gasteiger partial charge in [0.1, 0.15) is 0 Å². The minimum atomic E-state index is -3.42. The third-order valence-electron chi connectivity index (χ3n) is 3.07. The van der Waals surface area contributed by atoms with E-state index in [0.29, 0.717) is 18.8 Å². The molecule has 0 atom stereocenters. The van der Waals surface area contributed by atoms with Gasteiger partial charge in [0.05, 0.1) is 5.69 Å². The third kappa shape index (κ3) is 2.87. The highest BCUT2D eigenvalue weighted by atomic mass is 79.9. The van der Waals surface area contributed by atoms with Crippen LogP contribution < -0.4 is 4.72 Å². The molecule has 0 spiro atoms. The van der Waals surface area contributed by atoms with Crippen molar-refractivity contribution in [2.24, 2.45) is 0 Å². The molecule has 0 amide bonds. The van der Waals surface area contributed by atoms with Gasteiger partial charge in [-0.2, -0.15) is 12.7 Å². The van der Waals surface area contributed by atoms with E-state index in [0.717, 1.165) is 28.4 Å². The van der Waals surface area contributed by atoms with E-state index in [-0.39, 0.29) is 0 Å². The molecule has 1 heterocycles. The molecule has 6 heteroatoms. The summed E-state index contributed by atoms with van der Waals surface area (Å²) in [5.74, 6) is 0. The lowest BCUT2D eigenvalue weighted by molar-refractivity contribution is 0.482. The van der Waals surface area contributed by atoms with E-state index < -0.39 is 10.2 Å². The van der Waals surface area contributed by atoms with Gasteiger partial charge in [-0.05, 0) is 59.8 Å². The number of hydrogen-bond acceptors (Lipinski definition) is 2. The fourth-order valence-electron chi connectivity index (χ4n) is 2.17. The van der Waals surface area contributed by atoms with Crippen molar-refractivity contribution in [2.75, 3.05) is 17.8 Å². The predicted octanol–water partition coefficient (Wildman–Crippen LogP) is 2.82. The molecular formula is C12H17BrN2O2S. The van der Waals surface area contributed by atoms with Crippen LogP contribution in [-0.4, -0.2) is 25.8 Å². The third-order valence-corrected chi connectivity index (χ3v) is 5.20. The summed E-state index contributed by atoms with van der Waals surface area (Å²) in [6, 6.07) is 3.88. The van der Waals surface area contributed by atoms with Crippen LogP contribution in [0.5, 0.6) is 0 Å². The maximum Gasteiger partial charge on any atom is 0.301 e. The monoisotopic (exact) mass is 332 g/mol. The summed E-state index contributed by atoms with van der Waals surface area (Å²) in [7, 11) is -3.42. The second-order valence-electron chi connectivity index (χ2n) is 4.65. The van der Waals surface area contributed by atoms with Crippen molar-refractivity contribution in [1.82, 2.24) is 4.31 Å². The number of nitrogens with one attached hydrogen (secondary N) is 1. The van der Waals surface area contributed by atoms with Gasteiger partial charge in [-0.25, -0.2) is 0 Å². The molecule has 1 fully saturated rings. The lowest BCUT2D eigenvalue weighted by Crippen LogP contribution is -2.33. The summed E-state index contributed by atoms with van der Waals surface area (Å²) in [5, 5.41) is 0. The molecule has 1 aromatic rings. The van der Waals surface area contributed by atoms with Crippen LogP contribution >= 0.6 is 15.9 Å². The highest BCUT2D eigenvalue weighted by Gasteiger charge is 2.26. The molecule has 0 bridgehead atoms. The fourth-order valence-corrected chi connectivity index (χ4v) is 4.47. The summed E-state index contributed by atoms with van der Waals surface area (Å²) >= 11 is 3.41. The number of anilines is 1. The maximum atomic E-state index is 12.2. The van der Waals surface area contributed by atoms with Crippen LogP contribution in [0.4, 0.5) is 5.69 Å². The van der Waals surface area contributed by atoms with Crippen molar-refractivity contribution in [1.29, 1.82) is 0 Å². The molecule has 0 aromatic heterocycles. The molecule has 0 aliphatic carbocycles. The number of nitrogens with zero attached hydrogens (tertiary/aromatic N) is 1. The topological polar surface area (TPSA) is 49.4 Å². The molecule has 0 radical (unpaired) electrons. The zero-order valence-electron chi connectivity index (χ0n) is 10.5. The van der Waals surface area contributed by atoms with E-state index in [9.17, 15) is 8.42 Å². The Labute approximate surface area is 117 Å². The van der Waals surface area contributed by atoms with E-state index >= 15 is 0 Å². The van der Waals surface area contributed by atoms with Crippen LogP contribution in [0.3, 0.4) is 0 Å². The first kappa shape index (κ1) is 13.8. The number of hydrogen-bond donors (Lipinski definition) is 1. The lowest BCUT2D eigenvalue weighted by atomic mass is 10.1. The van der Waals surface area contributed by atoms with Crippen LogP contribution in [0, 0.1) is 13.8 Å². The minimum absolute atomic E-state index is 0.609. The van der Waals surface area contributed by atoms with Gasteiger partial charge in [-0.3, -0.25) is 4.72 Å². The second kappa shape index (κ2) is 5.19. The number of benzene rings is 1. The van der Waals surface area contributed by atoms with Gasteiger partial charge in [0.15, 0.2) is 0 Å². The van der Waals surface area contributed by atoms with Crippen LogP contribution in [0.2, 0.25) is 0 Å². The number of rotatable bonds is 3. The first-order chi connectivity index (χ1) is 8.40. The molecule has 1 N–H and O–H groups in total. The van der Waals surface area contributed by atoms with Crippen LogP contribution in [0.15, 0.2) is 16.6 Å². The largest absolute Gasteiger partial charge is 0.301 e. The van der Waals surface area contributed by atoms with Crippen LogP contribution in [0.1, 0.15) is 24.0 Å². The molecule has 0 unspecified atom stereocenters. The van der Waals surface area contributed by atoms with E-state index in [1.807, 2.05) is 26.0 Å². The zero-order valence-corrected chi connectivity index (χ0v) is 12.9. The van der Waals surface area contributed by atoms with E-state index in [1.165, 1.54) is 4.31 Å². The first-order valence-corrected chi connectivity index (χ1v) is 8.18. The Bertz CT molecular complexity index is 528. The van der Waals surface area contributed by atoms with Gasteiger partial charge in [-0.15, -0.1) is 0 Å². The summed E-state index contributed by atoms with van der Waals surface area (Å²) in [6.45, 7) is 5.10. The Hall–Kier alpha value is -0.590. The molecule has 0 saturated carbocycles. The molecule has 1 saturated heterocycles. The highest BCUT2D eigenvalue weighted by Crippen LogP contribution is 2.29. The molecule has 2 rings (SSSR count). The summed E-state index contributed by atoms with van der Waals surface area (Å²) in [5.41, 5.74) is 2.65. The number of aryl methyl sites for hydroxylation is 2. The van der Waals surface area contributed by atoms with Crippen LogP contribution in [-0.2, 0) is 10.2 Å². The van der Waals surface area contributed by atoms with Gasteiger partial charge < -0.3 is 0 Å². The van der Waals surface area contributed by atoms with Crippen LogP contribution in [0.25, 0.3) is 0 Å². The van der Waals surface area contributed by atoms with Crippen molar-refractivity contribution in [2.45, 2.75) is 26.7 Å². The molecular weight excluding hydrogens is 316 g/mol. The summed E-state index contributed by atoms with van der Waals surface area (Å²) in [6.07, 6.45) is 1.88. The van der Waals surface area contributed by atoms with E-state index in [4.69, 9.17) is 0 Å². The first-order valence-electron chi connectivity index (χ1n) is 5.95. The maximum absolute atomic E-state index is 12.2. The van der Waals surface area contributed by atoms with Gasteiger partial charge in [0.2, 0.25) is 0 Å². The molecule has 18 heavy (non-hydrogen) atoms. The van der Waals surface area contributed by atoms with Crippen molar-refractivity contribution < 1.29 is 8.42 Å². The Morgan fingerprint density at radius 2 is 1.83 bits per heavy atom. The van der Waals surface area contributed by atoms with E-state index in [2.05, 4.69) is 20.7 Å². The predicted molar refractivity (Wildman–Crippen MR) is 77.0 cm³/mol. The summed E-state index contributed by atoms with van der Waals surface area (Å²) in [4.78, 5) is 0. The standard InChI is InChI=1S/C12H17BrN2O2S/c1-9-7-10(2)12(11(13)8-9)14-18(16,17)15-5-3-4-6-15/h7-8,14H,3-6H2,1-2H3. The van der Waals surface area contributed by atoms with Crippen molar-refractivity contribution in [3.8, 4) is 0 Å². The second-order valence-corrected chi connectivity index (χ2v) is 7.18. The summed E-state index contributed by atoms with van der Waals surface area (Å²) < 4.78 is 29.3. The number of halogens is 1. The van der Waals surface area contributed by atoms with Gasteiger partial charge in [-0.1, -0.05) is 6.07 Å². The highest BCUT2D eigenvalue weighted by molar-refractivity contribution is 9.10. The van der Waals surface area contributed by atoms with Gasteiger partial charge >= 0.3 is 10.2 Å². The SMILES string of the molecule is Cc1cc(C)c(NS(=O)(=O)N2CCCC2)c(Br)c1. The Morgan fingerprint density at radius 1 is 1.22 bits per heavy atom. The minimum Gasteiger partial charge on any atom is -0.269 e. The van der Waals surface area contributed by atoms with Crippen molar-refractivity contribution in [3.05, 3.63) is 27.7 Å². The van der Waals surface area contributed by atoms with Crippen molar-refractivity contribution in [3.63, 3.8) is 0 Å². The average Bonchev–Trinajstić information content (AvgIpc) is 2.77. The average molecular weight is 333 g/mol. The van der Waals surface area contributed by atoms with Gasteiger partial charge in [0, 0.05) is 17.6 Å². The van der Waals surface area contributed by atoms with E-state index in [1.54, 1.807) is 0 Å². The molecule has 4 nitrogen and oxygen atoms in total. The normalized spacial score (nSPS) is 17.1. The van der Waals surface area contributed by atoms with Crippen molar-refractivity contribution >= 4 is 31.8 Å². The smallest absolute Gasteiger partial charge is 0.269 e. The molecule has 1 aliphatic rings. The lowest BCUT2D eigenvalue weighted by Gasteiger charge is -2.19. The Balaban J connectivity index is 2.29. The molecule has 100 valence electrons. The Kier molecular flexibility index (Phi) is 3.99. The quantitative estimate of drug-likeness (QED) is 0.925.